The van der Waals surface area contributed by atoms with Crippen LogP contribution in [0.25, 0.3) is 0 Å². The number of nitrogens with one attached hydrogen (secondary N) is 1. The molecule has 0 saturated carbocycles. The van der Waals surface area contributed by atoms with Gasteiger partial charge in [0.2, 0.25) is 0 Å². The first-order valence-corrected chi connectivity index (χ1v) is 6.47. The minimum atomic E-state index is -0.352. The Morgan fingerprint density at radius 1 is 1.20 bits per heavy atom. The fourth-order valence-electron chi connectivity index (χ4n) is 1.67. The van der Waals surface area contributed by atoms with E-state index in [0.29, 0.717) is 27.0 Å². The molecule has 2 aromatic carbocycles. The maximum Gasteiger partial charge on any atom is 0.257 e. The van der Waals surface area contributed by atoms with Crippen molar-refractivity contribution in [3.05, 3.63) is 52.0 Å². The molecule has 104 valence electrons. The predicted octanol–water partition coefficient (Wildman–Crippen LogP) is 3.84. The molecule has 0 spiro atoms. The third-order valence-electron chi connectivity index (χ3n) is 2.71. The fraction of sp³-hybridized carbons (Fsp3) is 0.0714. The van der Waals surface area contributed by atoms with Crippen molar-refractivity contribution in [2.45, 2.75) is 0 Å². The molecule has 0 aliphatic rings. The molecule has 0 aromatic heterocycles. The van der Waals surface area contributed by atoms with E-state index in [1.807, 2.05) is 0 Å². The van der Waals surface area contributed by atoms with Crippen LogP contribution in [0.2, 0.25) is 10.0 Å². The molecule has 4 nitrogen and oxygen atoms in total. The number of ether oxygens (including phenoxy) is 1. The van der Waals surface area contributed by atoms with Gasteiger partial charge < -0.3 is 15.8 Å². The number of rotatable bonds is 3. The summed E-state index contributed by atoms with van der Waals surface area (Å²) in [7, 11) is 1.50. The molecule has 0 fully saturated rings. The van der Waals surface area contributed by atoms with Crippen molar-refractivity contribution in [2.75, 3.05) is 18.2 Å². The highest BCUT2D eigenvalue weighted by molar-refractivity contribution is 6.34. The summed E-state index contributed by atoms with van der Waals surface area (Å²) in [6, 6.07) is 9.82. The van der Waals surface area contributed by atoms with Gasteiger partial charge in [0.25, 0.3) is 5.91 Å². The maximum atomic E-state index is 12.1. The third kappa shape index (κ3) is 2.98. The lowest BCUT2D eigenvalue weighted by atomic mass is 10.1. The zero-order chi connectivity index (χ0) is 14.7. The van der Waals surface area contributed by atoms with Crippen molar-refractivity contribution < 1.29 is 9.53 Å². The summed E-state index contributed by atoms with van der Waals surface area (Å²) >= 11 is 11.8. The molecule has 0 heterocycles. The van der Waals surface area contributed by atoms with Gasteiger partial charge in [0, 0.05) is 11.8 Å². The first kappa shape index (κ1) is 14.5. The highest BCUT2D eigenvalue weighted by Gasteiger charge is 2.12. The van der Waals surface area contributed by atoms with Crippen LogP contribution in [0.15, 0.2) is 36.4 Å². The van der Waals surface area contributed by atoms with Crippen molar-refractivity contribution in [3.8, 4) is 5.75 Å². The number of hydrogen-bond acceptors (Lipinski definition) is 3. The van der Waals surface area contributed by atoms with Gasteiger partial charge >= 0.3 is 0 Å². The lowest BCUT2D eigenvalue weighted by molar-refractivity contribution is 0.102. The zero-order valence-electron chi connectivity index (χ0n) is 10.6. The van der Waals surface area contributed by atoms with Gasteiger partial charge in [0.1, 0.15) is 5.75 Å². The van der Waals surface area contributed by atoms with Crippen LogP contribution in [0.5, 0.6) is 5.75 Å². The number of benzene rings is 2. The molecule has 6 heteroatoms. The molecule has 2 rings (SSSR count). The molecular weight excluding hydrogens is 299 g/mol. The van der Waals surface area contributed by atoms with Crippen molar-refractivity contribution in [1.29, 1.82) is 0 Å². The molecule has 0 aliphatic heterocycles. The van der Waals surface area contributed by atoms with Crippen molar-refractivity contribution in [3.63, 3.8) is 0 Å². The third-order valence-corrected chi connectivity index (χ3v) is 3.35. The Bertz CT molecular complexity index is 660. The molecule has 0 bridgehead atoms. The number of carbonyl (C=O) groups is 1. The van der Waals surface area contributed by atoms with Gasteiger partial charge in [-0.15, -0.1) is 0 Å². The van der Waals surface area contributed by atoms with Gasteiger partial charge in [0.15, 0.2) is 0 Å². The van der Waals surface area contributed by atoms with Crippen LogP contribution in [0.1, 0.15) is 10.4 Å². The summed E-state index contributed by atoms with van der Waals surface area (Å²) in [5.74, 6) is 0.123. The van der Waals surface area contributed by atoms with Gasteiger partial charge in [-0.1, -0.05) is 29.3 Å². The van der Waals surface area contributed by atoms with Gasteiger partial charge in [-0.25, -0.2) is 0 Å². The molecule has 1 amide bonds. The second-order valence-corrected chi connectivity index (χ2v) is 4.82. The second kappa shape index (κ2) is 6.03. The standard InChI is InChI=1S/C14H12Cl2N2O2/c1-20-12-7-8(5-6-10(12)15)18-14(19)9-3-2-4-11(16)13(9)17/h2-7H,17H2,1H3,(H,18,19). The first-order chi connectivity index (χ1) is 9.52. The lowest BCUT2D eigenvalue weighted by Gasteiger charge is -2.10. The van der Waals surface area contributed by atoms with E-state index in [4.69, 9.17) is 33.7 Å². The number of nitrogen functional groups attached to an aromatic ring is 1. The van der Waals surface area contributed by atoms with Gasteiger partial charge in [-0.05, 0) is 24.3 Å². The number of anilines is 2. The minimum Gasteiger partial charge on any atom is -0.495 e. The lowest BCUT2D eigenvalue weighted by Crippen LogP contribution is -2.14. The number of amides is 1. The summed E-state index contributed by atoms with van der Waals surface area (Å²) in [5.41, 5.74) is 6.88. The van der Waals surface area contributed by atoms with E-state index in [1.165, 1.54) is 7.11 Å². The number of halogens is 2. The summed E-state index contributed by atoms with van der Waals surface area (Å²) in [6.45, 7) is 0. The molecule has 0 saturated heterocycles. The second-order valence-electron chi connectivity index (χ2n) is 4.00. The van der Waals surface area contributed by atoms with Crippen LogP contribution in [0.3, 0.4) is 0 Å². The summed E-state index contributed by atoms with van der Waals surface area (Å²) in [5, 5.41) is 3.52. The number of hydrogen-bond donors (Lipinski definition) is 2. The fourth-order valence-corrected chi connectivity index (χ4v) is 2.04. The molecule has 0 atom stereocenters. The average molecular weight is 311 g/mol. The minimum absolute atomic E-state index is 0.243. The number of nitrogens with two attached hydrogens (primary N) is 1. The summed E-state index contributed by atoms with van der Waals surface area (Å²) < 4.78 is 5.09. The highest BCUT2D eigenvalue weighted by Crippen LogP contribution is 2.28. The number of methoxy groups -OCH3 is 1. The topological polar surface area (TPSA) is 64.3 Å². The van der Waals surface area contributed by atoms with E-state index in [0.717, 1.165) is 0 Å². The molecular formula is C14H12Cl2N2O2. The molecule has 0 radical (unpaired) electrons. The monoisotopic (exact) mass is 310 g/mol. The quantitative estimate of drug-likeness (QED) is 0.847. The van der Waals surface area contributed by atoms with E-state index in [9.17, 15) is 4.79 Å². The molecule has 0 unspecified atom stereocenters. The van der Waals surface area contributed by atoms with Crippen LogP contribution in [-0.4, -0.2) is 13.0 Å². The van der Waals surface area contributed by atoms with Crippen molar-refractivity contribution in [2.24, 2.45) is 0 Å². The van der Waals surface area contributed by atoms with Gasteiger partial charge in [-0.3, -0.25) is 4.79 Å². The van der Waals surface area contributed by atoms with Crippen LogP contribution in [0, 0.1) is 0 Å². The summed E-state index contributed by atoms with van der Waals surface area (Å²) in [6.07, 6.45) is 0. The number of carbonyl (C=O) groups excluding carboxylic acids is 1. The smallest absolute Gasteiger partial charge is 0.257 e. The molecule has 0 aliphatic carbocycles. The predicted molar refractivity (Wildman–Crippen MR) is 81.8 cm³/mol. The van der Waals surface area contributed by atoms with Crippen molar-refractivity contribution >= 4 is 40.5 Å². The Hall–Kier alpha value is -1.91. The highest BCUT2D eigenvalue weighted by atomic mass is 35.5. The molecule has 2 aromatic rings. The average Bonchev–Trinajstić information content (AvgIpc) is 2.43. The SMILES string of the molecule is COc1cc(NC(=O)c2cccc(Cl)c2N)ccc1Cl. The number of para-hydroxylation sites is 1. The van der Waals surface area contributed by atoms with Crippen LogP contribution >= 0.6 is 23.2 Å². The maximum absolute atomic E-state index is 12.1. The van der Waals surface area contributed by atoms with E-state index < -0.39 is 0 Å². The Morgan fingerprint density at radius 2 is 1.95 bits per heavy atom. The van der Waals surface area contributed by atoms with E-state index >= 15 is 0 Å². The van der Waals surface area contributed by atoms with Crippen LogP contribution in [-0.2, 0) is 0 Å². The van der Waals surface area contributed by atoms with Crippen LogP contribution < -0.4 is 15.8 Å². The van der Waals surface area contributed by atoms with E-state index in [2.05, 4.69) is 5.32 Å². The van der Waals surface area contributed by atoms with Crippen LogP contribution in [0.4, 0.5) is 11.4 Å². The Balaban J connectivity index is 2.26. The Labute approximate surface area is 126 Å². The Morgan fingerprint density at radius 3 is 2.65 bits per heavy atom. The zero-order valence-corrected chi connectivity index (χ0v) is 12.1. The Kier molecular flexibility index (Phi) is 4.37. The van der Waals surface area contributed by atoms with Gasteiger partial charge in [0.05, 0.1) is 28.4 Å². The first-order valence-electron chi connectivity index (χ1n) is 5.72. The molecule has 20 heavy (non-hydrogen) atoms. The summed E-state index contributed by atoms with van der Waals surface area (Å²) in [4.78, 5) is 12.1. The van der Waals surface area contributed by atoms with E-state index in [-0.39, 0.29) is 11.6 Å². The van der Waals surface area contributed by atoms with Crippen molar-refractivity contribution in [1.82, 2.24) is 0 Å². The van der Waals surface area contributed by atoms with Gasteiger partial charge in [-0.2, -0.15) is 0 Å². The molecule has 3 N–H and O–H groups in total. The largest absolute Gasteiger partial charge is 0.495 e. The van der Waals surface area contributed by atoms with E-state index in [1.54, 1.807) is 36.4 Å². The normalized spacial score (nSPS) is 10.2.